The predicted octanol–water partition coefficient (Wildman–Crippen LogP) is 3.26. The number of anilines is 1. The molecular formula is C24H31N3O5S. The predicted molar refractivity (Wildman–Crippen MR) is 127 cm³/mol. The minimum absolute atomic E-state index is 0.0105. The summed E-state index contributed by atoms with van der Waals surface area (Å²) >= 11 is 0. The van der Waals surface area contributed by atoms with Crippen LogP contribution in [0.3, 0.4) is 0 Å². The van der Waals surface area contributed by atoms with Gasteiger partial charge < -0.3 is 15.4 Å². The van der Waals surface area contributed by atoms with Gasteiger partial charge >= 0.3 is 0 Å². The Hall–Kier alpha value is -2.91. The van der Waals surface area contributed by atoms with Gasteiger partial charge in [-0.3, -0.25) is 9.59 Å². The molecule has 2 amide bonds. The maximum atomic E-state index is 13.1. The molecule has 0 aromatic heterocycles. The van der Waals surface area contributed by atoms with Crippen molar-refractivity contribution in [2.24, 2.45) is 5.92 Å². The highest BCUT2D eigenvalue weighted by Crippen LogP contribution is 2.26. The molecule has 9 heteroatoms. The molecule has 2 unspecified atom stereocenters. The maximum absolute atomic E-state index is 13.1. The Morgan fingerprint density at radius 3 is 2.52 bits per heavy atom. The van der Waals surface area contributed by atoms with E-state index in [1.807, 2.05) is 13.8 Å². The summed E-state index contributed by atoms with van der Waals surface area (Å²) in [5.41, 5.74) is 0.795. The van der Waals surface area contributed by atoms with Crippen LogP contribution in [0.4, 0.5) is 5.69 Å². The van der Waals surface area contributed by atoms with Crippen LogP contribution in [0.5, 0.6) is 5.75 Å². The Morgan fingerprint density at radius 1 is 1.15 bits per heavy atom. The van der Waals surface area contributed by atoms with E-state index in [0.717, 1.165) is 6.42 Å². The van der Waals surface area contributed by atoms with Gasteiger partial charge in [-0.15, -0.1) is 0 Å². The molecule has 0 radical (unpaired) electrons. The second-order valence-corrected chi connectivity index (χ2v) is 10.1. The molecule has 3 rings (SSSR count). The minimum atomic E-state index is -3.73. The van der Waals surface area contributed by atoms with Gasteiger partial charge in [0.05, 0.1) is 29.2 Å². The number of rotatable bonds is 8. The minimum Gasteiger partial charge on any atom is -0.497 e. The van der Waals surface area contributed by atoms with Crippen LogP contribution in [0, 0.1) is 5.92 Å². The van der Waals surface area contributed by atoms with E-state index < -0.39 is 15.9 Å². The molecule has 0 spiro atoms. The number of methoxy groups -OCH3 is 1. The number of sulfonamides is 1. The van der Waals surface area contributed by atoms with Crippen molar-refractivity contribution in [3.8, 4) is 5.75 Å². The fourth-order valence-electron chi connectivity index (χ4n) is 3.70. The van der Waals surface area contributed by atoms with E-state index in [0.29, 0.717) is 36.4 Å². The summed E-state index contributed by atoms with van der Waals surface area (Å²) in [6, 6.07) is 13.0. The van der Waals surface area contributed by atoms with E-state index in [2.05, 4.69) is 10.6 Å². The lowest BCUT2D eigenvalue weighted by Gasteiger charge is -2.31. The highest BCUT2D eigenvalue weighted by atomic mass is 32.2. The van der Waals surface area contributed by atoms with Crippen LogP contribution in [-0.4, -0.2) is 50.8 Å². The van der Waals surface area contributed by atoms with Crippen molar-refractivity contribution < 1.29 is 22.7 Å². The number of benzene rings is 2. The van der Waals surface area contributed by atoms with Gasteiger partial charge in [0.1, 0.15) is 5.75 Å². The number of hydrogen-bond acceptors (Lipinski definition) is 5. The molecule has 8 nitrogen and oxygen atoms in total. The molecule has 2 aromatic rings. The summed E-state index contributed by atoms with van der Waals surface area (Å²) in [5, 5.41) is 5.75. The summed E-state index contributed by atoms with van der Waals surface area (Å²) in [6.45, 7) is 4.33. The molecule has 0 saturated carbocycles. The number of hydrogen-bond donors (Lipinski definition) is 2. The topological polar surface area (TPSA) is 105 Å². The van der Waals surface area contributed by atoms with Crippen molar-refractivity contribution in [2.75, 3.05) is 25.5 Å². The highest BCUT2D eigenvalue weighted by molar-refractivity contribution is 7.89. The van der Waals surface area contributed by atoms with Gasteiger partial charge in [0, 0.05) is 19.1 Å². The summed E-state index contributed by atoms with van der Waals surface area (Å²) in [5.74, 6) is -0.501. The SMILES string of the molecule is CCC(C)NC(=O)c1ccccc1NC(=O)C1CCCN(S(=O)(=O)c2ccc(OC)cc2)C1. The van der Waals surface area contributed by atoms with Crippen LogP contribution in [0.1, 0.15) is 43.5 Å². The standard InChI is InChI=1S/C24H31N3O5S/c1-4-17(2)25-24(29)21-9-5-6-10-22(21)26-23(28)18-8-7-15-27(16-18)33(30,31)20-13-11-19(32-3)12-14-20/h5-6,9-14,17-18H,4,7-8,15-16H2,1-3H3,(H,25,29)(H,26,28). The zero-order valence-electron chi connectivity index (χ0n) is 19.2. The van der Waals surface area contributed by atoms with Crippen molar-refractivity contribution >= 4 is 27.5 Å². The molecule has 2 atom stereocenters. The average Bonchev–Trinajstić information content (AvgIpc) is 2.84. The first-order valence-corrected chi connectivity index (χ1v) is 12.5. The second-order valence-electron chi connectivity index (χ2n) is 8.20. The Bertz CT molecular complexity index is 1090. The van der Waals surface area contributed by atoms with Gasteiger partial charge in [0.2, 0.25) is 15.9 Å². The Labute approximate surface area is 195 Å². The van der Waals surface area contributed by atoms with Crippen molar-refractivity contribution in [1.29, 1.82) is 0 Å². The third kappa shape index (κ3) is 5.91. The van der Waals surface area contributed by atoms with Crippen molar-refractivity contribution in [3.63, 3.8) is 0 Å². The van der Waals surface area contributed by atoms with E-state index in [9.17, 15) is 18.0 Å². The molecule has 1 aliphatic heterocycles. The summed E-state index contributed by atoms with van der Waals surface area (Å²) in [4.78, 5) is 25.8. The molecule has 33 heavy (non-hydrogen) atoms. The molecule has 0 bridgehead atoms. The van der Waals surface area contributed by atoms with Gasteiger partial charge in [-0.2, -0.15) is 4.31 Å². The third-order valence-corrected chi connectivity index (χ3v) is 7.75. The Morgan fingerprint density at radius 2 is 1.85 bits per heavy atom. The lowest BCUT2D eigenvalue weighted by molar-refractivity contribution is -0.120. The van der Waals surface area contributed by atoms with Crippen molar-refractivity contribution in [2.45, 2.75) is 44.0 Å². The molecule has 2 aromatic carbocycles. The number of amides is 2. The van der Waals surface area contributed by atoms with Gasteiger partial charge in [0.15, 0.2) is 0 Å². The van der Waals surface area contributed by atoms with Crippen LogP contribution >= 0.6 is 0 Å². The number of piperidine rings is 1. The Kier molecular flexibility index (Phi) is 8.10. The van der Waals surface area contributed by atoms with E-state index >= 15 is 0 Å². The quantitative estimate of drug-likeness (QED) is 0.612. The van der Waals surface area contributed by atoms with Crippen LogP contribution in [-0.2, 0) is 14.8 Å². The normalized spacial score (nSPS) is 17.7. The average molecular weight is 474 g/mol. The first-order chi connectivity index (χ1) is 15.8. The molecule has 1 fully saturated rings. The molecule has 178 valence electrons. The summed E-state index contributed by atoms with van der Waals surface area (Å²) in [7, 11) is -2.21. The Balaban J connectivity index is 1.72. The van der Waals surface area contributed by atoms with Gasteiger partial charge in [-0.05, 0) is 62.6 Å². The van der Waals surface area contributed by atoms with E-state index in [1.165, 1.54) is 23.5 Å². The van der Waals surface area contributed by atoms with Crippen LogP contribution in [0.15, 0.2) is 53.4 Å². The molecular weight excluding hydrogens is 442 g/mol. The first-order valence-electron chi connectivity index (χ1n) is 11.1. The molecule has 1 aliphatic rings. The number of carbonyl (C=O) groups excluding carboxylic acids is 2. The van der Waals surface area contributed by atoms with Crippen LogP contribution < -0.4 is 15.4 Å². The van der Waals surface area contributed by atoms with Gasteiger partial charge in [-0.1, -0.05) is 19.1 Å². The zero-order valence-corrected chi connectivity index (χ0v) is 20.0. The first kappa shape index (κ1) is 24.7. The summed E-state index contributed by atoms with van der Waals surface area (Å²) in [6.07, 6.45) is 1.94. The fraction of sp³-hybridized carbons (Fsp3) is 0.417. The third-order valence-electron chi connectivity index (χ3n) is 5.87. The number of nitrogens with zero attached hydrogens (tertiary/aromatic N) is 1. The largest absolute Gasteiger partial charge is 0.497 e. The number of carbonyl (C=O) groups is 2. The molecule has 1 heterocycles. The highest BCUT2D eigenvalue weighted by Gasteiger charge is 2.33. The lowest BCUT2D eigenvalue weighted by Crippen LogP contribution is -2.43. The fourth-order valence-corrected chi connectivity index (χ4v) is 5.22. The molecule has 2 N–H and O–H groups in total. The summed E-state index contributed by atoms with van der Waals surface area (Å²) < 4.78 is 32.6. The lowest BCUT2D eigenvalue weighted by atomic mass is 9.98. The number of para-hydroxylation sites is 1. The van der Waals surface area contributed by atoms with Gasteiger partial charge in [-0.25, -0.2) is 8.42 Å². The van der Waals surface area contributed by atoms with Crippen molar-refractivity contribution in [1.82, 2.24) is 9.62 Å². The number of nitrogens with one attached hydrogen (secondary N) is 2. The maximum Gasteiger partial charge on any atom is 0.253 e. The van der Waals surface area contributed by atoms with E-state index in [-0.39, 0.29) is 29.3 Å². The monoisotopic (exact) mass is 473 g/mol. The smallest absolute Gasteiger partial charge is 0.253 e. The van der Waals surface area contributed by atoms with Crippen LogP contribution in [0.2, 0.25) is 0 Å². The second kappa shape index (κ2) is 10.8. The van der Waals surface area contributed by atoms with Crippen LogP contribution in [0.25, 0.3) is 0 Å². The van der Waals surface area contributed by atoms with Crippen molar-refractivity contribution in [3.05, 3.63) is 54.1 Å². The van der Waals surface area contributed by atoms with Gasteiger partial charge in [0.25, 0.3) is 5.91 Å². The number of ether oxygens (including phenoxy) is 1. The van der Waals surface area contributed by atoms with E-state index in [1.54, 1.807) is 36.4 Å². The molecule has 0 aliphatic carbocycles. The van der Waals surface area contributed by atoms with E-state index in [4.69, 9.17) is 4.74 Å². The zero-order chi connectivity index (χ0) is 24.0. The molecule has 1 saturated heterocycles.